The molecule has 2 aliphatic heterocycles. The van der Waals surface area contributed by atoms with Gasteiger partial charge in [-0.05, 0) is 89.9 Å². The molecule has 464 valence electrons. The van der Waals surface area contributed by atoms with Crippen LogP contribution in [-0.2, 0) is 23.7 Å². The van der Waals surface area contributed by atoms with Crippen LogP contribution in [0.25, 0.3) is 0 Å². The summed E-state index contributed by atoms with van der Waals surface area (Å²) in [4.78, 5) is 13.2. The number of ether oxygens (including phenoxy) is 4. The van der Waals surface area contributed by atoms with Gasteiger partial charge in [-0.15, -0.1) is 0 Å². The van der Waals surface area contributed by atoms with E-state index in [0.29, 0.717) is 12.8 Å². The van der Waals surface area contributed by atoms with Crippen molar-refractivity contribution in [1.29, 1.82) is 0 Å². The van der Waals surface area contributed by atoms with Gasteiger partial charge < -0.3 is 65.1 Å². The van der Waals surface area contributed by atoms with Crippen LogP contribution < -0.4 is 5.32 Å². The largest absolute Gasteiger partial charge is 0.394 e. The molecule has 12 unspecified atom stereocenters. The quantitative estimate of drug-likeness (QED) is 0.0204. The van der Waals surface area contributed by atoms with Crippen LogP contribution in [0, 0.1) is 0 Å². The van der Waals surface area contributed by atoms with Gasteiger partial charge in [-0.2, -0.15) is 0 Å². The van der Waals surface area contributed by atoms with E-state index in [-0.39, 0.29) is 18.9 Å². The van der Waals surface area contributed by atoms with Crippen molar-refractivity contribution in [2.45, 2.75) is 286 Å². The molecule has 0 aromatic heterocycles. The van der Waals surface area contributed by atoms with Crippen molar-refractivity contribution in [3.05, 3.63) is 109 Å². The second-order valence-corrected chi connectivity index (χ2v) is 21.8. The first-order valence-corrected chi connectivity index (χ1v) is 31.6. The van der Waals surface area contributed by atoms with Crippen LogP contribution in [0.15, 0.2) is 109 Å². The highest BCUT2D eigenvalue weighted by molar-refractivity contribution is 5.76. The Balaban J connectivity index is 1.63. The second kappa shape index (κ2) is 51.1. The first kappa shape index (κ1) is 73.8. The Morgan fingerprint density at radius 3 is 1.36 bits per heavy atom. The molecule has 12 atom stereocenters. The van der Waals surface area contributed by atoms with Crippen LogP contribution in [0.5, 0.6) is 0 Å². The van der Waals surface area contributed by atoms with Gasteiger partial charge >= 0.3 is 0 Å². The van der Waals surface area contributed by atoms with E-state index in [4.69, 9.17) is 18.9 Å². The number of carbonyl (C=O) groups is 1. The van der Waals surface area contributed by atoms with Gasteiger partial charge in [0.15, 0.2) is 12.6 Å². The molecule has 0 radical (unpaired) electrons. The first-order chi connectivity index (χ1) is 39.6. The van der Waals surface area contributed by atoms with Gasteiger partial charge in [-0.3, -0.25) is 4.79 Å². The van der Waals surface area contributed by atoms with E-state index in [0.717, 1.165) is 83.5 Å². The molecular weight excluding hydrogens is 1030 g/mol. The second-order valence-electron chi connectivity index (χ2n) is 21.8. The summed E-state index contributed by atoms with van der Waals surface area (Å²) in [6.45, 7) is 2.59. The van der Waals surface area contributed by atoms with Crippen LogP contribution in [0.2, 0.25) is 0 Å². The fourth-order valence-electron chi connectivity index (χ4n) is 9.61. The lowest BCUT2D eigenvalue weighted by Gasteiger charge is -2.46. The topological polar surface area (TPSA) is 228 Å². The Labute approximate surface area is 489 Å². The number of allylic oxidation sites excluding steroid dienone is 17. The molecule has 2 heterocycles. The molecule has 0 spiro atoms. The number of hydrogen-bond acceptors (Lipinski definition) is 13. The minimum Gasteiger partial charge on any atom is -0.394 e. The summed E-state index contributed by atoms with van der Waals surface area (Å²) in [5.41, 5.74) is 0. The van der Waals surface area contributed by atoms with E-state index in [1.807, 2.05) is 6.08 Å². The summed E-state index contributed by atoms with van der Waals surface area (Å²) in [6.07, 6.45) is 55.8. The lowest BCUT2D eigenvalue weighted by molar-refractivity contribution is -0.359. The van der Waals surface area contributed by atoms with Crippen molar-refractivity contribution in [2.75, 3.05) is 19.8 Å². The zero-order chi connectivity index (χ0) is 58.8. The summed E-state index contributed by atoms with van der Waals surface area (Å²) in [7, 11) is 0. The predicted molar refractivity (Wildman–Crippen MR) is 327 cm³/mol. The molecule has 9 N–H and O–H groups in total. The van der Waals surface area contributed by atoms with Crippen molar-refractivity contribution >= 4 is 5.91 Å². The zero-order valence-corrected chi connectivity index (χ0v) is 50.0. The summed E-state index contributed by atoms with van der Waals surface area (Å²) in [6, 6.07) is -0.942. The third-order valence-corrected chi connectivity index (χ3v) is 14.7. The third-order valence-electron chi connectivity index (χ3n) is 14.7. The Hall–Kier alpha value is -3.35. The zero-order valence-electron chi connectivity index (χ0n) is 50.0. The molecule has 2 fully saturated rings. The fraction of sp³-hybridized carbons (Fsp3) is 0.716. The molecule has 2 rings (SSSR count). The number of carbonyl (C=O) groups excluding carboxylic acids is 1. The molecule has 0 aromatic rings. The fourth-order valence-corrected chi connectivity index (χ4v) is 9.61. The Bertz CT molecular complexity index is 1770. The molecule has 14 nitrogen and oxygen atoms in total. The summed E-state index contributed by atoms with van der Waals surface area (Å²) in [5.74, 6) is -0.258. The van der Waals surface area contributed by atoms with Gasteiger partial charge in [-0.25, -0.2) is 0 Å². The number of hydrogen-bond donors (Lipinski definition) is 9. The van der Waals surface area contributed by atoms with Gasteiger partial charge in [0.25, 0.3) is 0 Å². The summed E-state index contributed by atoms with van der Waals surface area (Å²) in [5, 5.41) is 87.0. The number of amides is 1. The molecule has 81 heavy (non-hydrogen) atoms. The summed E-state index contributed by atoms with van der Waals surface area (Å²) >= 11 is 0. The Morgan fingerprint density at radius 2 is 0.864 bits per heavy atom. The van der Waals surface area contributed by atoms with Gasteiger partial charge in [0, 0.05) is 6.42 Å². The average molecular weight is 1140 g/mol. The van der Waals surface area contributed by atoms with Crippen LogP contribution in [0.3, 0.4) is 0 Å². The normalized spacial score (nSPS) is 24.9. The smallest absolute Gasteiger partial charge is 0.220 e. The van der Waals surface area contributed by atoms with E-state index in [1.165, 1.54) is 96.3 Å². The van der Waals surface area contributed by atoms with Gasteiger partial charge in [0.2, 0.25) is 5.91 Å². The van der Waals surface area contributed by atoms with Crippen molar-refractivity contribution in [2.24, 2.45) is 0 Å². The Kier molecular flexibility index (Phi) is 46.5. The average Bonchev–Trinajstić information content (AvgIpc) is 3.46. The monoisotopic (exact) mass is 1140 g/mol. The number of unbranched alkanes of at least 4 members (excludes halogenated alkanes) is 20. The van der Waals surface area contributed by atoms with Gasteiger partial charge in [-0.1, -0.05) is 226 Å². The predicted octanol–water partition coefficient (Wildman–Crippen LogP) is 11.6. The molecule has 0 aliphatic carbocycles. The molecule has 0 bridgehead atoms. The summed E-state index contributed by atoms with van der Waals surface area (Å²) < 4.78 is 22.7. The lowest BCUT2D eigenvalue weighted by atomic mass is 9.97. The molecule has 1 amide bonds. The van der Waals surface area contributed by atoms with E-state index < -0.39 is 86.8 Å². The standard InChI is InChI=1S/C67H113NO13/c1-3-5-7-9-11-13-15-17-18-19-20-21-22-23-24-25-26-27-28-29-30-31-32-33-34-35-36-37-38-39-41-43-45-47-49-51-59(72)68-55(56(71)50-48-46-44-42-40-16-14-12-10-8-6-4-2)54-78-66-64(77)62(75)65(58(53-70)80-66)81-67-63(76)61(74)60(73)57(52-69)79-67/h5,7,10-13,17-18,20-21,23-24,26-27,40,42,48,50,55-58,60-67,69-71,73-77H,3-4,6,8-9,14-16,19,22,25,28-39,41,43-47,49,51-54H2,1-2H3,(H,68,72)/b7-5-,12-10+,13-11-,18-17-,21-20-,24-23-,27-26-,42-40+,50-48+. The molecule has 0 saturated carbocycles. The van der Waals surface area contributed by atoms with Crippen LogP contribution in [-0.4, -0.2) is 140 Å². The van der Waals surface area contributed by atoms with E-state index in [2.05, 4.69) is 116 Å². The molecular formula is C67H113NO13. The first-order valence-electron chi connectivity index (χ1n) is 31.6. The Morgan fingerprint density at radius 1 is 0.457 bits per heavy atom. The maximum Gasteiger partial charge on any atom is 0.220 e. The van der Waals surface area contributed by atoms with Crippen LogP contribution in [0.4, 0.5) is 0 Å². The third kappa shape index (κ3) is 36.2. The maximum absolute atomic E-state index is 13.2. The molecule has 2 aliphatic rings. The SMILES string of the molecule is CC/C=C\C/C=C\C/C=C\C/C=C\C/C=C\C/C=C\CCCCCCCCCCCCCCCCCCC(=O)NC(COC1OC(CO)C(OC2OC(CO)C(O)C(O)C2O)C(O)C1O)C(O)/C=C/CC/C=C/CC/C=C/CCCC. The highest BCUT2D eigenvalue weighted by Crippen LogP contribution is 2.30. The number of nitrogens with one attached hydrogen (secondary N) is 1. The number of aliphatic hydroxyl groups excluding tert-OH is 8. The van der Waals surface area contributed by atoms with E-state index in [9.17, 15) is 45.6 Å². The number of aliphatic hydroxyl groups is 8. The van der Waals surface area contributed by atoms with Crippen molar-refractivity contribution in [1.82, 2.24) is 5.32 Å². The molecule has 2 saturated heterocycles. The minimum absolute atomic E-state index is 0.258. The van der Waals surface area contributed by atoms with Gasteiger partial charge in [0.1, 0.15) is 48.8 Å². The van der Waals surface area contributed by atoms with Crippen LogP contribution >= 0.6 is 0 Å². The highest BCUT2D eigenvalue weighted by Gasteiger charge is 2.51. The lowest BCUT2D eigenvalue weighted by Crippen LogP contribution is -2.65. The van der Waals surface area contributed by atoms with E-state index >= 15 is 0 Å². The number of rotatable bonds is 49. The van der Waals surface area contributed by atoms with Crippen LogP contribution in [0.1, 0.15) is 213 Å². The molecule has 0 aromatic carbocycles. The van der Waals surface area contributed by atoms with Crippen molar-refractivity contribution in [3.63, 3.8) is 0 Å². The molecule has 14 heteroatoms. The maximum atomic E-state index is 13.2. The highest BCUT2D eigenvalue weighted by atomic mass is 16.7. The minimum atomic E-state index is -1.80. The van der Waals surface area contributed by atoms with E-state index in [1.54, 1.807) is 6.08 Å². The van der Waals surface area contributed by atoms with Gasteiger partial charge in [0.05, 0.1) is 32.0 Å². The van der Waals surface area contributed by atoms with Crippen molar-refractivity contribution < 1.29 is 64.6 Å². The van der Waals surface area contributed by atoms with Crippen molar-refractivity contribution in [3.8, 4) is 0 Å².